The molecule has 0 fully saturated rings. The van der Waals surface area contributed by atoms with Crippen LogP contribution in [0.15, 0.2) is 59.9 Å². The Labute approximate surface area is 160 Å². The van der Waals surface area contributed by atoms with E-state index in [2.05, 4.69) is 62.0 Å². The summed E-state index contributed by atoms with van der Waals surface area (Å²) < 4.78 is 0. The fraction of sp³-hybridized carbons (Fsp3) is 0.350. The minimum absolute atomic E-state index is 0.139. The maximum absolute atomic E-state index is 12.0. The lowest BCUT2D eigenvalue weighted by atomic mass is 10.2. The molecule has 0 aliphatic heterocycles. The van der Waals surface area contributed by atoms with Crippen LogP contribution >= 0.6 is 0 Å². The van der Waals surface area contributed by atoms with Crippen molar-refractivity contribution in [2.45, 2.75) is 13.3 Å². The van der Waals surface area contributed by atoms with Crippen LogP contribution in [0.2, 0.25) is 0 Å². The second kappa shape index (κ2) is 11.5. The van der Waals surface area contributed by atoms with Crippen LogP contribution in [-0.2, 0) is 4.79 Å². The number of hydrogen-bond acceptors (Lipinski definition) is 4. The molecule has 0 atom stereocenters. The number of nitrogens with one attached hydrogen (secondary N) is 3. The van der Waals surface area contributed by atoms with Gasteiger partial charge >= 0.3 is 0 Å². The van der Waals surface area contributed by atoms with Gasteiger partial charge < -0.3 is 20.9 Å². The zero-order valence-electron chi connectivity index (χ0n) is 16.0. The molecule has 0 spiro atoms. The standard InChI is InChI=1S/C20H28N6O/c1-3-26(18-10-5-4-6-11-18)14-8-13-23-20(21-2)24-16-19(27)25-17-9-7-12-22-15-17/h4-7,9-12,15H,3,8,13-14,16H2,1-2H3,(H,25,27)(H2,21,23,24). The molecule has 144 valence electrons. The van der Waals surface area contributed by atoms with Crippen molar-refractivity contribution in [2.75, 3.05) is 43.4 Å². The average molecular weight is 368 g/mol. The van der Waals surface area contributed by atoms with Crippen LogP contribution in [0.3, 0.4) is 0 Å². The Bertz CT molecular complexity index is 705. The van der Waals surface area contributed by atoms with Gasteiger partial charge in [-0.25, -0.2) is 0 Å². The summed E-state index contributed by atoms with van der Waals surface area (Å²) in [6.45, 7) is 4.98. The van der Waals surface area contributed by atoms with Crippen LogP contribution in [-0.4, -0.2) is 50.1 Å². The molecule has 0 bridgehead atoms. The fourth-order valence-corrected chi connectivity index (χ4v) is 2.61. The number of carbonyl (C=O) groups is 1. The molecule has 1 aromatic carbocycles. The maximum atomic E-state index is 12.0. The SMILES string of the molecule is CCN(CCCNC(=NC)NCC(=O)Nc1cccnc1)c1ccccc1. The van der Waals surface area contributed by atoms with Gasteiger partial charge in [-0.15, -0.1) is 0 Å². The van der Waals surface area contributed by atoms with Crippen LogP contribution in [0.5, 0.6) is 0 Å². The number of para-hydroxylation sites is 1. The zero-order chi connectivity index (χ0) is 19.3. The van der Waals surface area contributed by atoms with Gasteiger partial charge in [0.1, 0.15) is 0 Å². The number of carbonyl (C=O) groups excluding carboxylic acids is 1. The number of hydrogen-bond donors (Lipinski definition) is 3. The predicted molar refractivity (Wildman–Crippen MR) is 111 cm³/mol. The summed E-state index contributed by atoms with van der Waals surface area (Å²) in [7, 11) is 1.69. The Morgan fingerprint density at radius 1 is 1.15 bits per heavy atom. The van der Waals surface area contributed by atoms with Gasteiger partial charge in [0, 0.05) is 38.6 Å². The third-order valence-corrected chi connectivity index (χ3v) is 3.99. The maximum Gasteiger partial charge on any atom is 0.243 e. The molecular formula is C20H28N6O. The van der Waals surface area contributed by atoms with Crippen LogP contribution in [0.25, 0.3) is 0 Å². The van der Waals surface area contributed by atoms with E-state index in [9.17, 15) is 4.79 Å². The second-order valence-electron chi connectivity index (χ2n) is 5.91. The van der Waals surface area contributed by atoms with Crippen molar-refractivity contribution < 1.29 is 4.79 Å². The highest BCUT2D eigenvalue weighted by Crippen LogP contribution is 2.12. The Balaban J connectivity index is 1.67. The zero-order valence-corrected chi connectivity index (χ0v) is 16.0. The summed E-state index contributed by atoms with van der Waals surface area (Å²) in [5.41, 5.74) is 1.90. The van der Waals surface area contributed by atoms with Crippen LogP contribution in [0.1, 0.15) is 13.3 Å². The highest BCUT2D eigenvalue weighted by Gasteiger charge is 2.05. The number of aromatic nitrogens is 1. The van der Waals surface area contributed by atoms with Gasteiger partial charge in [-0.2, -0.15) is 0 Å². The predicted octanol–water partition coefficient (Wildman–Crippen LogP) is 2.10. The molecule has 27 heavy (non-hydrogen) atoms. The van der Waals surface area contributed by atoms with E-state index in [0.29, 0.717) is 11.6 Å². The summed E-state index contributed by atoms with van der Waals surface area (Å²) in [4.78, 5) is 22.4. The van der Waals surface area contributed by atoms with Crippen molar-refractivity contribution >= 4 is 23.2 Å². The Kier molecular flexibility index (Phi) is 8.62. The van der Waals surface area contributed by atoms with Gasteiger partial charge in [-0.3, -0.25) is 14.8 Å². The summed E-state index contributed by atoms with van der Waals surface area (Å²) in [5.74, 6) is 0.464. The number of anilines is 2. The lowest BCUT2D eigenvalue weighted by molar-refractivity contribution is -0.115. The molecule has 1 heterocycles. The minimum atomic E-state index is -0.146. The molecule has 3 N–H and O–H groups in total. The van der Waals surface area contributed by atoms with E-state index in [1.165, 1.54) is 5.69 Å². The smallest absolute Gasteiger partial charge is 0.243 e. The first kappa shape index (κ1) is 20.2. The monoisotopic (exact) mass is 368 g/mol. The third kappa shape index (κ3) is 7.35. The number of rotatable bonds is 9. The van der Waals surface area contributed by atoms with Crippen LogP contribution in [0, 0.1) is 0 Å². The number of aliphatic imine (C=N–C) groups is 1. The van der Waals surface area contributed by atoms with Crippen molar-refractivity contribution in [3.05, 3.63) is 54.9 Å². The third-order valence-electron chi connectivity index (χ3n) is 3.99. The molecule has 7 nitrogen and oxygen atoms in total. The molecule has 0 aliphatic carbocycles. The van der Waals surface area contributed by atoms with Gasteiger partial charge in [0.25, 0.3) is 0 Å². The Morgan fingerprint density at radius 3 is 2.63 bits per heavy atom. The van der Waals surface area contributed by atoms with Gasteiger partial charge in [-0.1, -0.05) is 18.2 Å². The number of amides is 1. The normalized spacial score (nSPS) is 11.0. The number of guanidine groups is 1. The molecule has 0 saturated heterocycles. The largest absolute Gasteiger partial charge is 0.372 e. The number of nitrogens with zero attached hydrogens (tertiary/aromatic N) is 3. The van der Waals surface area contributed by atoms with Gasteiger partial charge in [0.05, 0.1) is 18.4 Å². The van der Waals surface area contributed by atoms with Gasteiger partial charge in [0.15, 0.2) is 5.96 Å². The molecule has 0 radical (unpaired) electrons. The van der Waals surface area contributed by atoms with E-state index in [0.717, 1.165) is 26.1 Å². The Morgan fingerprint density at radius 2 is 1.96 bits per heavy atom. The molecule has 2 aromatic rings. The van der Waals surface area contributed by atoms with E-state index < -0.39 is 0 Å². The van der Waals surface area contributed by atoms with Crippen molar-refractivity contribution in [1.82, 2.24) is 15.6 Å². The van der Waals surface area contributed by atoms with Gasteiger partial charge in [0.2, 0.25) is 5.91 Å². The van der Waals surface area contributed by atoms with E-state index >= 15 is 0 Å². The summed E-state index contributed by atoms with van der Waals surface area (Å²) in [5, 5.41) is 9.03. The molecule has 2 rings (SSSR count). The summed E-state index contributed by atoms with van der Waals surface area (Å²) in [6.07, 6.45) is 4.24. The first-order valence-corrected chi connectivity index (χ1v) is 9.17. The van der Waals surface area contributed by atoms with Crippen molar-refractivity contribution in [3.63, 3.8) is 0 Å². The molecule has 0 unspecified atom stereocenters. The topological polar surface area (TPSA) is 81.6 Å². The van der Waals surface area contributed by atoms with Crippen molar-refractivity contribution in [2.24, 2.45) is 4.99 Å². The molecule has 0 aliphatic rings. The first-order valence-electron chi connectivity index (χ1n) is 9.17. The Hall–Kier alpha value is -3.09. The first-order chi connectivity index (χ1) is 13.2. The van der Waals surface area contributed by atoms with Crippen LogP contribution < -0.4 is 20.9 Å². The molecule has 0 saturated carbocycles. The summed E-state index contributed by atoms with van der Waals surface area (Å²) >= 11 is 0. The van der Waals surface area contributed by atoms with Crippen molar-refractivity contribution in [1.29, 1.82) is 0 Å². The highest BCUT2D eigenvalue weighted by molar-refractivity contribution is 5.94. The molecule has 7 heteroatoms. The molecule has 1 aromatic heterocycles. The minimum Gasteiger partial charge on any atom is -0.372 e. The van der Waals surface area contributed by atoms with Gasteiger partial charge in [-0.05, 0) is 37.6 Å². The lowest BCUT2D eigenvalue weighted by Crippen LogP contribution is -2.42. The number of benzene rings is 1. The van der Waals surface area contributed by atoms with Crippen LogP contribution in [0.4, 0.5) is 11.4 Å². The highest BCUT2D eigenvalue weighted by atomic mass is 16.1. The molecular weight excluding hydrogens is 340 g/mol. The number of pyridine rings is 1. The second-order valence-corrected chi connectivity index (χ2v) is 5.91. The van der Waals surface area contributed by atoms with E-state index in [-0.39, 0.29) is 12.5 Å². The van der Waals surface area contributed by atoms with Crippen molar-refractivity contribution in [3.8, 4) is 0 Å². The van der Waals surface area contributed by atoms with E-state index in [4.69, 9.17) is 0 Å². The summed E-state index contributed by atoms with van der Waals surface area (Å²) in [6, 6.07) is 14.0. The lowest BCUT2D eigenvalue weighted by Gasteiger charge is -2.23. The molecule has 1 amide bonds. The fourth-order valence-electron chi connectivity index (χ4n) is 2.61. The average Bonchev–Trinajstić information content (AvgIpc) is 2.71. The van der Waals surface area contributed by atoms with E-state index in [1.807, 2.05) is 6.07 Å². The van der Waals surface area contributed by atoms with E-state index in [1.54, 1.807) is 31.6 Å². The quantitative estimate of drug-likeness (QED) is 0.359.